The maximum atomic E-state index is 11.3. The molecule has 0 bridgehead atoms. The zero-order valence-corrected chi connectivity index (χ0v) is 9.53. The minimum absolute atomic E-state index is 0.347. The molecule has 14 heavy (non-hydrogen) atoms. The summed E-state index contributed by atoms with van der Waals surface area (Å²) in [6, 6.07) is 1.89. The normalized spacial score (nSPS) is 10.4. The minimum Gasteiger partial charge on any atom is -0.465 e. The van der Waals surface area contributed by atoms with Gasteiger partial charge in [0.2, 0.25) is 0 Å². The van der Waals surface area contributed by atoms with Gasteiger partial charge in [-0.15, -0.1) is 0 Å². The van der Waals surface area contributed by atoms with Crippen LogP contribution in [0.25, 0.3) is 11.0 Å². The Kier molecular flexibility index (Phi) is 2.40. The Morgan fingerprint density at radius 2 is 2.43 bits per heavy atom. The third kappa shape index (κ3) is 1.47. The van der Waals surface area contributed by atoms with Crippen LogP contribution in [0, 0.1) is 3.57 Å². The summed E-state index contributed by atoms with van der Waals surface area (Å²) in [5, 5.41) is 0.795. The molecule has 0 fully saturated rings. The minimum atomic E-state index is -0.347. The van der Waals surface area contributed by atoms with Gasteiger partial charge >= 0.3 is 5.97 Å². The summed E-state index contributed by atoms with van der Waals surface area (Å²) < 4.78 is 5.64. The Bertz CT molecular complexity index is 493. The van der Waals surface area contributed by atoms with E-state index in [9.17, 15) is 4.79 Å². The number of carbonyl (C=O) groups is 1. The van der Waals surface area contributed by atoms with Gasteiger partial charge in [-0.1, -0.05) is 0 Å². The number of H-pyrrole nitrogens is 1. The summed E-state index contributed by atoms with van der Waals surface area (Å²) in [7, 11) is 1.36. The largest absolute Gasteiger partial charge is 0.465 e. The Balaban J connectivity index is 2.67. The molecule has 0 amide bonds. The monoisotopic (exact) mass is 302 g/mol. The van der Waals surface area contributed by atoms with Gasteiger partial charge in [0.25, 0.3) is 0 Å². The van der Waals surface area contributed by atoms with Crippen LogP contribution in [0.4, 0.5) is 0 Å². The highest BCUT2D eigenvalue weighted by Gasteiger charge is 2.12. The van der Waals surface area contributed by atoms with Crippen molar-refractivity contribution < 1.29 is 9.53 Å². The Morgan fingerprint density at radius 1 is 1.64 bits per heavy atom. The van der Waals surface area contributed by atoms with E-state index >= 15 is 0 Å². The quantitative estimate of drug-likeness (QED) is 0.647. The van der Waals surface area contributed by atoms with E-state index < -0.39 is 0 Å². The molecule has 2 rings (SSSR count). The molecule has 0 saturated heterocycles. The van der Waals surface area contributed by atoms with Crippen LogP contribution < -0.4 is 0 Å². The van der Waals surface area contributed by atoms with Crippen LogP contribution in [-0.4, -0.2) is 23.0 Å². The van der Waals surface area contributed by atoms with Crippen LogP contribution in [0.5, 0.6) is 0 Å². The van der Waals surface area contributed by atoms with E-state index in [1.165, 1.54) is 7.11 Å². The molecule has 0 atom stereocenters. The fraction of sp³-hybridized carbons (Fsp3) is 0.111. The SMILES string of the molecule is COC(=O)c1c[nH]c2ncc(I)cc12. The van der Waals surface area contributed by atoms with Gasteiger partial charge in [-0.25, -0.2) is 9.78 Å². The lowest BCUT2D eigenvalue weighted by Crippen LogP contribution is -1.99. The van der Waals surface area contributed by atoms with Crippen LogP contribution in [0.15, 0.2) is 18.5 Å². The lowest BCUT2D eigenvalue weighted by molar-refractivity contribution is 0.0603. The molecule has 0 unspecified atom stereocenters. The molecule has 0 saturated carbocycles. The highest BCUT2D eigenvalue weighted by molar-refractivity contribution is 14.1. The fourth-order valence-corrected chi connectivity index (χ4v) is 1.71. The summed E-state index contributed by atoms with van der Waals surface area (Å²) >= 11 is 2.15. The Labute approximate surface area is 93.8 Å². The number of methoxy groups -OCH3 is 1. The summed E-state index contributed by atoms with van der Waals surface area (Å²) in [5.41, 5.74) is 1.22. The number of carbonyl (C=O) groups excluding carboxylic acids is 1. The zero-order chi connectivity index (χ0) is 10.1. The lowest BCUT2D eigenvalue weighted by Gasteiger charge is -1.96. The number of halogens is 1. The van der Waals surface area contributed by atoms with Crippen LogP contribution in [0.2, 0.25) is 0 Å². The molecule has 72 valence electrons. The molecule has 0 spiro atoms. The standard InChI is InChI=1S/C9H7IN2O2/c1-14-9(13)7-4-12-8-6(7)2-5(10)3-11-8/h2-4H,1H3,(H,11,12). The second-order valence-corrected chi connectivity index (χ2v) is 3.99. The lowest BCUT2D eigenvalue weighted by atomic mass is 10.2. The molecule has 0 aromatic carbocycles. The van der Waals surface area contributed by atoms with Gasteiger partial charge in [-0.05, 0) is 28.7 Å². The highest BCUT2D eigenvalue weighted by Crippen LogP contribution is 2.19. The van der Waals surface area contributed by atoms with E-state index in [4.69, 9.17) is 0 Å². The summed E-state index contributed by atoms with van der Waals surface area (Å²) in [5.74, 6) is -0.347. The first-order valence-electron chi connectivity index (χ1n) is 3.93. The maximum absolute atomic E-state index is 11.3. The van der Waals surface area contributed by atoms with Crippen molar-refractivity contribution in [1.29, 1.82) is 0 Å². The van der Waals surface area contributed by atoms with Gasteiger partial charge in [-0.2, -0.15) is 0 Å². The van der Waals surface area contributed by atoms with Gasteiger partial charge in [0.15, 0.2) is 0 Å². The second kappa shape index (κ2) is 3.56. The fourth-order valence-electron chi connectivity index (χ4n) is 1.26. The molecule has 0 aliphatic rings. The first kappa shape index (κ1) is 9.45. The van der Waals surface area contributed by atoms with Crippen molar-refractivity contribution in [3.05, 3.63) is 27.6 Å². The van der Waals surface area contributed by atoms with Gasteiger partial charge < -0.3 is 9.72 Å². The number of nitrogens with one attached hydrogen (secondary N) is 1. The molecule has 2 aromatic rings. The van der Waals surface area contributed by atoms with Crippen LogP contribution >= 0.6 is 22.6 Å². The number of pyridine rings is 1. The molecule has 1 N–H and O–H groups in total. The predicted octanol–water partition coefficient (Wildman–Crippen LogP) is 1.95. The number of esters is 1. The van der Waals surface area contributed by atoms with Gasteiger partial charge in [0, 0.05) is 21.4 Å². The van der Waals surface area contributed by atoms with E-state index in [1.54, 1.807) is 12.4 Å². The van der Waals surface area contributed by atoms with Crippen LogP contribution in [0.1, 0.15) is 10.4 Å². The summed E-state index contributed by atoms with van der Waals surface area (Å²) in [4.78, 5) is 18.4. The first-order chi connectivity index (χ1) is 6.72. The second-order valence-electron chi connectivity index (χ2n) is 2.74. The number of hydrogen-bond donors (Lipinski definition) is 1. The summed E-state index contributed by atoms with van der Waals surface area (Å²) in [6.45, 7) is 0. The molecule has 0 radical (unpaired) electrons. The maximum Gasteiger partial charge on any atom is 0.340 e. The number of aromatic nitrogens is 2. The van der Waals surface area contributed by atoms with Crippen molar-refractivity contribution in [1.82, 2.24) is 9.97 Å². The smallest absolute Gasteiger partial charge is 0.340 e. The number of ether oxygens (including phenoxy) is 1. The van der Waals surface area contributed by atoms with Crippen LogP contribution in [0.3, 0.4) is 0 Å². The average Bonchev–Trinajstić information content (AvgIpc) is 2.59. The molecule has 0 aliphatic carbocycles. The van der Waals surface area contributed by atoms with E-state index in [-0.39, 0.29) is 5.97 Å². The van der Waals surface area contributed by atoms with E-state index in [0.29, 0.717) is 11.2 Å². The van der Waals surface area contributed by atoms with Crippen molar-refractivity contribution in [3.8, 4) is 0 Å². The molecule has 2 aromatic heterocycles. The third-order valence-electron chi connectivity index (χ3n) is 1.90. The van der Waals surface area contributed by atoms with Gasteiger partial charge in [0.1, 0.15) is 5.65 Å². The Hall–Kier alpha value is -1.11. The number of rotatable bonds is 1. The van der Waals surface area contributed by atoms with Crippen molar-refractivity contribution in [3.63, 3.8) is 0 Å². The van der Waals surface area contributed by atoms with Crippen molar-refractivity contribution in [2.24, 2.45) is 0 Å². The first-order valence-corrected chi connectivity index (χ1v) is 5.01. The molecular weight excluding hydrogens is 295 g/mol. The van der Waals surface area contributed by atoms with Crippen molar-refractivity contribution in [2.45, 2.75) is 0 Å². The molecule has 5 heteroatoms. The molecular formula is C9H7IN2O2. The molecule has 4 nitrogen and oxygen atoms in total. The van der Waals surface area contributed by atoms with Gasteiger partial charge in [0.05, 0.1) is 12.7 Å². The number of nitrogens with zero attached hydrogens (tertiary/aromatic N) is 1. The topological polar surface area (TPSA) is 55.0 Å². The van der Waals surface area contributed by atoms with E-state index in [2.05, 4.69) is 37.3 Å². The highest BCUT2D eigenvalue weighted by atomic mass is 127. The number of fused-ring (bicyclic) bond motifs is 1. The number of aromatic amines is 1. The number of hydrogen-bond acceptors (Lipinski definition) is 3. The van der Waals surface area contributed by atoms with E-state index in [1.807, 2.05) is 6.07 Å². The zero-order valence-electron chi connectivity index (χ0n) is 7.37. The Morgan fingerprint density at radius 3 is 3.14 bits per heavy atom. The van der Waals surface area contributed by atoms with Crippen LogP contribution in [-0.2, 0) is 4.74 Å². The van der Waals surface area contributed by atoms with Crippen molar-refractivity contribution in [2.75, 3.05) is 7.11 Å². The van der Waals surface area contributed by atoms with E-state index in [0.717, 1.165) is 8.96 Å². The summed E-state index contributed by atoms with van der Waals surface area (Å²) in [6.07, 6.45) is 3.35. The van der Waals surface area contributed by atoms with Crippen molar-refractivity contribution >= 4 is 39.6 Å². The molecule has 2 heterocycles. The van der Waals surface area contributed by atoms with Gasteiger partial charge in [-0.3, -0.25) is 0 Å². The predicted molar refractivity (Wildman–Crippen MR) is 60.2 cm³/mol. The molecule has 0 aliphatic heterocycles. The third-order valence-corrected chi connectivity index (χ3v) is 2.49. The average molecular weight is 302 g/mol.